The highest BCUT2D eigenvalue weighted by atomic mass is 16.5. The second-order valence-electron chi connectivity index (χ2n) is 18.3. The molecule has 8 rings (SSSR count). The van der Waals surface area contributed by atoms with Crippen molar-refractivity contribution in [2.75, 3.05) is 27.3 Å². The zero-order chi connectivity index (χ0) is 41.5. The van der Waals surface area contributed by atoms with E-state index in [1.165, 1.54) is 66.9 Å². The molecule has 0 N–H and O–H groups in total. The van der Waals surface area contributed by atoms with Crippen molar-refractivity contribution in [1.29, 1.82) is 0 Å². The Morgan fingerprint density at radius 1 is 0.627 bits per heavy atom. The lowest BCUT2D eigenvalue weighted by atomic mass is 9.80. The lowest BCUT2D eigenvalue weighted by Gasteiger charge is -2.30. The number of fused-ring (bicyclic) bond motifs is 5. The molecule has 10 heteroatoms. The Morgan fingerprint density at radius 2 is 1.08 bits per heavy atom. The first-order valence-corrected chi connectivity index (χ1v) is 22.0. The first kappa shape index (κ1) is 40.9. The topological polar surface area (TPSA) is 118 Å². The third-order valence-corrected chi connectivity index (χ3v) is 14.3. The van der Waals surface area contributed by atoms with Crippen LogP contribution in [0.2, 0.25) is 0 Å². The van der Waals surface area contributed by atoms with Gasteiger partial charge in [-0.3, -0.25) is 29.2 Å². The molecule has 10 nitrogen and oxygen atoms in total. The molecule has 4 aliphatic heterocycles. The summed E-state index contributed by atoms with van der Waals surface area (Å²) in [7, 11) is 2.76. The Bertz CT molecular complexity index is 2130. The number of aliphatic imine (C=N–C) groups is 2. The summed E-state index contributed by atoms with van der Waals surface area (Å²) in [5.41, 5.74) is 12.5. The molecule has 6 unspecified atom stereocenters. The molecule has 2 amide bonds. The zero-order valence-electron chi connectivity index (χ0n) is 35.7. The molecule has 6 aliphatic rings. The maximum absolute atomic E-state index is 13.9. The van der Waals surface area contributed by atoms with Crippen molar-refractivity contribution in [3.63, 3.8) is 0 Å². The van der Waals surface area contributed by atoms with Crippen molar-refractivity contribution in [1.82, 2.24) is 9.80 Å². The van der Waals surface area contributed by atoms with Crippen LogP contribution in [0, 0.1) is 23.7 Å². The molecule has 2 bridgehead atoms. The van der Waals surface area contributed by atoms with E-state index in [-0.39, 0.29) is 60.5 Å². The number of esters is 2. The number of amides is 2. The lowest BCUT2D eigenvalue weighted by Crippen LogP contribution is -2.45. The minimum atomic E-state index is -0.402. The average Bonchev–Trinajstić information content (AvgIpc) is 4.10. The summed E-state index contributed by atoms with van der Waals surface area (Å²) in [6, 6.07) is 13.5. The fraction of sp³-hybridized carbons (Fsp3) is 0.551. The van der Waals surface area contributed by atoms with E-state index in [9.17, 15) is 19.2 Å². The number of ether oxygens (including phenoxy) is 2. The van der Waals surface area contributed by atoms with E-state index in [0.29, 0.717) is 31.3 Å². The van der Waals surface area contributed by atoms with Crippen LogP contribution in [0.4, 0.5) is 0 Å². The number of hydrogen-bond acceptors (Lipinski definition) is 8. The van der Waals surface area contributed by atoms with Gasteiger partial charge in [0.05, 0.1) is 51.0 Å². The van der Waals surface area contributed by atoms with Gasteiger partial charge in [0.25, 0.3) is 0 Å². The largest absolute Gasteiger partial charge is 0.469 e. The molecule has 4 heterocycles. The number of rotatable bonds is 13. The quantitative estimate of drug-likeness (QED) is 0.187. The van der Waals surface area contributed by atoms with Crippen molar-refractivity contribution in [2.24, 2.45) is 33.7 Å². The number of methoxy groups -OCH3 is 2. The van der Waals surface area contributed by atoms with E-state index in [1.54, 1.807) is 0 Å². The van der Waals surface area contributed by atoms with Gasteiger partial charge in [-0.2, -0.15) is 0 Å². The Balaban J connectivity index is 0.953. The first-order chi connectivity index (χ1) is 28.5. The Labute approximate surface area is 349 Å². The van der Waals surface area contributed by atoms with Crippen molar-refractivity contribution >= 4 is 46.3 Å². The number of benzene rings is 2. The minimum absolute atomic E-state index is 0.0265. The normalized spacial score (nSPS) is 24.3. The molecule has 0 radical (unpaired) electrons. The summed E-state index contributed by atoms with van der Waals surface area (Å²) in [6.07, 6.45) is 13.0. The van der Waals surface area contributed by atoms with E-state index in [2.05, 4.69) is 42.6 Å². The summed E-state index contributed by atoms with van der Waals surface area (Å²) in [4.78, 5) is 65.8. The van der Waals surface area contributed by atoms with Gasteiger partial charge >= 0.3 is 11.9 Å². The summed E-state index contributed by atoms with van der Waals surface area (Å²) < 4.78 is 9.85. The lowest BCUT2D eigenvalue weighted by molar-refractivity contribution is -0.148. The fourth-order valence-corrected chi connectivity index (χ4v) is 11.0. The predicted molar refractivity (Wildman–Crippen MR) is 231 cm³/mol. The smallest absolute Gasteiger partial charge is 0.306 e. The van der Waals surface area contributed by atoms with Gasteiger partial charge in [-0.15, -0.1) is 0 Å². The van der Waals surface area contributed by atoms with Gasteiger partial charge in [-0.1, -0.05) is 64.1 Å². The third kappa shape index (κ3) is 7.84. The van der Waals surface area contributed by atoms with Crippen LogP contribution in [-0.2, 0) is 28.7 Å². The Kier molecular flexibility index (Phi) is 11.8. The van der Waals surface area contributed by atoms with Crippen LogP contribution in [0.1, 0.15) is 132 Å². The Hall–Kier alpha value is -4.86. The van der Waals surface area contributed by atoms with Crippen molar-refractivity contribution < 1.29 is 28.7 Å². The second-order valence-corrected chi connectivity index (χ2v) is 18.3. The number of nitrogens with zero attached hydrogens (tertiary/aromatic N) is 4. The van der Waals surface area contributed by atoms with Crippen LogP contribution < -0.4 is 0 Å². The molecule has 6 atom stereocenters. The fourth-order valence-electron chi connectivity index (χ4n) is 11.0. The number of carbonyl (C=O) groups excluding carboxylic acids is 4. The van der Waals surface area contributed by atoms with E-state index in [4.69, 9.17) is 19.5 Å². The molecule has 2 aliphatic carbocycles. The zero-order valence-corrected chi connectivity index (χ0v) is 35.7. The van der Waals surface area contributed by atoms with Crippen LogP contribution in [0.15, 0.2) is 58.8 Å². The molecule has 3 fully saturated rings. The van der Waals surface area contributed by atoms with Crippen molar-refractivity contribution in [3.05, 3.63) is 71.1 Å². The molecular weight excluding hydrogens is 741 g/mol. The van der Waals surface area contributed by atoms with Gasteiger partial charge in [0.15, 0.2) is 0 Å². The molecule has 0 spiro atoms. The van der Waals surface area contributed by atoms with E-state index in [0.717, 1.165) is 54.7 Å². The van der Waals surface area contributed by atoms with Gasteiger partial charge in [0, 0.05) is 49.8 Å². The molecule has 2 aromatic carbocycles. The van der Waals surface area contributed by atoms with Gasteiger partial charge in [-0.25, -0.2) is 0 Å². The molecule has 0 aromatic heterocycles. The van der Waals surface area contributed by atoms with E-state index < -0.39 is 11.8 Å². The van der Waals surface area contributed by atoms with Gasteiger partial charge in [-0.05, 0) is 113 Å². The maximum Gasteiger partial charge on any atom is 0.306 e. The van der Waals surface area contributed by atoms with Crippen LogP contribution in [0.5, 0.6) is 0 Å². The summed E-state index contributed by atoms with van der Waals surface area (Å²) >= 11 is 0. The summed E-state index contributed by atoms with van der Waals surface area (Å²) in [5, 5.41) is 0. The minimum Gasteiger partial charge on any atom is -0.469 e. The standard InChI is InChI=1S/C49H60N4O6/c1-28(2)38(24-44(54)58-5)48(56)52-19-7-9-42(52)40-22-34(26-50-40)30-11-13-31(14-12-30)36-17-18-37(47-33-16-15-32(21-33)46(36)47)35-23-41(51-27-35)43-10-8-20-53(43)49(57)39(29(3)4)25-45(55)59-6/h11-14,17-18,26-29,32-33,38-39,42-43H,7-10,15-16,19-25H2,1-6H3. The van der Waals surface area contributed by atoms with Crippen molar-refractivity contribution in [3.8, 4) is 11.1 Å². The van der Waals surface area contributed by atoms with Gasteiger partial charge in [0.1, 0.15) is 0 Å². The highest BCUT2D eigenvalue weighted by molar-refractivity contribution is 6.05. The van der Waals surface area contributed by atoms with Gasteiger partial charge in [0.2, 0.25) is 11.8 Å². The van der Waals surface area contributed by atoms with Crippen LogP contribution in [0.25, 0.3) is 22.3 Å². The summed E-state index contributed by atoms with van der Waals surface area (Å²) in [6.45, 7) is 9.38. The van der Waals surface area contributed by atoms with Crippen LogP contribution >= 0.6 is 0 Å². The number of allylic oxidation sites excluding steroid dienone is 2. The number of hydrogen-bond donors (Lipinski definition) is 0. The molecule has 59 heavy (non-hydrogen) atoms. The molecular formula is C49H60N4O6. The molecule has 312 valence electrons. The van der Waals surface area contributed by atoms with E-state index in [1.807, 2.05) is 43.7 Å². The van der Waals surface area contributed by atoms with Crippen LogP contribution in [0.3, 0.4) is 0 Å². The highest BCUT2D eigenvalue weighted by Crippen LogP contribution is 2.58. The van der Waals surface area contributed by atoms with Crippen molar-refractivity contribution in [2.45, 2.75) is 122 Å². The van der Waals surface area contributed by atoms with E-state index >= 15 is 0 Å². The third-order valence-electron chi connectivity index (χ3n) is 14.3. The summed E-state index contributed by atoms with van der Waals surface area (Å²) in [5.74, 6) is -0.243. The monoisotopic (exact) mass is 800 g/mol. The molecule has 2 saturated heterocycles. The average molecular weight is 801 g/mol. The molecule has 1 saturated carbocycles. The predicted octanol–water partition coefficient (Wildman–Crippen LogP) is 8.74. The SMILES string of the molecule is COC(=O)CC(C(=O)N1CCCC1C1=NC=C(c2ccc(-c3ccc(C4=CN=C(C5CCCN5C(=O)C(CC(=O)OC)C(C)C)C4)c4c3C3CCC4C3)cc2)C1)C(C)C. The van der Waals surface area contributed by atoms with Gasteiger partial charge < -0.3 is 19.3 Å². The van der Waals surface area contributed by atoms with Crippen LogP contribution in [-0.4, -0.2) is 84.4 Å². The first-order valence-electron chi connectivity index (χ1n) is 22.0. The highest BCUT2D eigenvalue weighted by Gasteiger charge is 2.43. The second kappa shape index (κ2) is 17.0. The number of likely N-dealkylation sites (tertiary alicyclic amines) is 2. The maximum atomic E-state index is 13.9. The molecule has 2 aromatic rings. The number of carbonyl (C=O) groups is 4. The Morgan fingerprint density at radius 3 is 1.59 bits per heavy atom.